The lowest BCUT2D eigenvalue weighted by Gasteiger charge is -2.26. The molecule has 0 radical (unpaired) electrons. The van der Waals surface area contributed by atoms with Crippen molar-refractivity contribution in [3.63, 3.8) is 0 Å². The summed E-state index contributed by atoms with van der Waals surface area (Å²) in [4.78, 5) is 14.0. The molecule has 2 saturated heterocycles. The number of amides is 1. The number of rotatable bonds is 4. The molecule has 2 bridgehead atoms. The summed E-state index contributed by atoms with van der Waals surface area (Å²) in [6.45, 7) is 1.70. The van der Waals surface area contributed by atoms with Gasteiger partial charge in [0.2, 0.25) is 5.91 Å². The van der Waals surface area contributed by atoms with Gasteiger partial charge in [-0.2, -0.15) is 0 Å². The van der Waals surface area contributed by atoms with E-state index < -0.39 is 0 Å². The van der Waals surface area contributed by atoms with Gasteiger partial charge in [-0.1, -0.05) is 23.7 Å². The minimum Gasteiger partial charge on any atom is -0.457 e. The summed E-state index contributed by atoms with van der Waals surface area (Å²) in [5.74, 6) is 1.71. The first-order valence-electron chi connectivity index (χ1n) is 7.74. The number of likely N-dealkylation sites (tertiary alicyclic amines) is 1. The van der Waals surface area contributed by atoms with Crippen molar-refractivity contribution < 1.29 is 9.53 Å². The van der Waals surface area contributed by atoms with E-state index in [0.717, 1.165) is 36.6 Å². The van der Waals surface area contributed by atoms with Crippen molar-refractivity contribution in [2.45, 2.75) is 25.0 Å². The van der Waals surface area contributed by atoms with Crippen molar-refractivity contribution in [3.8, 4) is 11.5 Å². The highest BCUT2D eigenvalue weighted by atomic mass is 35.5. The molecule has 0 unspecified atom stereocenters. The smallest absolute Gasteiger partial charge is 0.237 e. The second kappa shape index (κ2) is 5.87. The van der Waals surface area contributed by atoms with Crippen molar-refractivity contribution in [1.29, 1.82) is 0 Å². The number of halogens is 1. The summed E-state index contributed by atoms with van der Waals surface area (Å²) in [5, 5.41) is 3.69. The standard InChI is InChI=1S/C18H17ClN2O2/c19-13-4-6-15(7-5-13)23-16-3-1-2-12(8-16)10-21-11-14-9-17(21)18(22)20-14/h1-8,14,17H,9-11H2,(H,20,22)/t14-,17-/m0/s1. The second-order valence-electron chi connectivity index (χ2n) is 6.09. The molecule has 4 rings (SSSR count). The molecule has 23 heavy (non-hydrogen) atoms. The average molecular weight is 329 g/mol. The van der Waals surface area contributed by atoms with Gasteiger partial charge in [0.15, 0.2) is 0 Å². The van der Waals surface area contributed by atoms with Gasteiger partial charge in [-0.3, -0.25) is 9.69 Å². The molecule has 2 heterocycles. The summed E-state index contributed by atoms with van der Waals surface area (Å²) in [7, 11) is 0. The third-order valence-corrected chi connectivity index (χ3v) is 4.64. The van der Waals surface area contributed by atoms with Crippen LogP contribution < -0.4 is 10.1 Å². The van der Waals surface area contributed by atoms with Crippen LogP contribution in [0, 0.1) is 0 Å². The van der Waals surface area contributed by atoms with E-state index in [9.17, 15) is 4.79 Å². The van der Waals surface area contributed by atoms with Crippen molar-refractivity contribution in [2.75, 3.05) is 6.54 Å². The lowest BCUT2D eigenvalue weighted by Crippen LogP contribution is -2.47. The Morgan fingerprint density at radius 1 is 1.17 bits per heavy atom. The van der Waals surface area contributed by atoms with Crippen LogP contribution in [0.3, 0.4) is 0 Å². The van der Waals surface area contributed by atoms with Gasteiger partial charge >= 0.3 is 0 Å². The van der Waals surface area contributed by atoms with E-state index in [-0.39, 0.29) is 11.9 Å². The monoisotopic (exact) mass is 328 g/mol. The molecule has 118 valence electrons. The molecule has 2 aromatic carbocycles. The molecule has 2 fully saturated rings. The first kappa shape index (κ1) is 14.5. The topological polar surface area (TPSA) is 41.6 Å². The second-order valence-corrected chi connectivity index (χ2v) is 6.53. The SMILES string of the molecule is O=C1N[C@H]2C[C@@H]1N(Cc1cccc(Oc3ccc(Cl)cc3)c1)C2. The van der Waals surface area contributed by atoms with Gasteiger partial charge in [-0.05, 0) is 48.4 Å². The maximum Gasteiger partial charge on any atom is 0.237 e. The van der Waals surface area contributed by atoms with E-state index in [1.54, 1.807) is 12.1 Å². The highest BCUT2D eigenvalue weighted by molar-refractivity contribution is 6.30. The molecular formula is C18H17ClN2O2. The van der Waals surface area contributed by atoms with Crippen LogP contribution >= 0.6 is 11.6 Å². The maximum atomic E-state index is 11.8. The predicted octanol–water partition coefficient (Wildman–Crippen LogP) is 3.21. The van der Waals surface area contributed by atoms with Gasteiger partial charge in [0.05, 0.1) is 6.04 Å². The third kappa shape index (κ3) is 3.05. The zero-order chi connectivity index (χ0) is 15.8. The Morgan fingerprint density at radius 2 is 2.00 bits per heavy atom. The minimum atomic E-state index is 0.0286. The highest BCUT2D eigenvalue weighted by Crippen LogP contribution is 2.28. The van der Waals surface area contributed by atoms with Gasteiger partial charge in [0, 0.05) is 24.2 Å². The largest absolute Gasteiger partial charge is 0.457 e. The van der Waals surface area contributed by atoms with Crippen molar-refractivity contribution in [3.05, 3.63) is 59.1 Å². The molecule has 0 aliphatic carbocycles. The molecular weight excluding hydrogens is 312 g/mol. The van der Waals surface area contributed by atoms with Crippen LogP contribution in [-0.4, -0.2) is 29.4 Å². The Bertz CT molecular complexity index is 732. The van der Waals surface area contributed by atoms with Gasteiger partial charge in [-0.15, -0.1) is 0 Å². The molecule has 4 nitrogen and oxygen atoms in total. The molecule has 0 saturated carbocycles. The van der Waals surface area contributed by atoms with Crippen LogP contribution in [0.15, 0.2) is 48.5 Å². The number of nitrogens with one attached hydrogen (secondary N) is 1. The number of benzene rings is 2. The van der Waals surface area contributed by atoms with E-state index in [1.165, 1.54) is 0 Å². The van der Waals surface area contributed by atoms with Crippen molar-refractivity contribution >= 4 is 17.5 Å². The Balaban J connectivity index is 1.46. The Hall–Kier alpha value is -2.04. The first-order valence-corrected chi connectivity index (χ1v) is 8.12. The molecule has 1 amide bonds. The molecule has 1 N–H and O–H groups in total. The van der Waals surface area contributed by atoms with E-state index in [0.29, 0.717) is 11.1 Å². The molecule has 2 aliphatic rings. The fraction of sp³-hybridized carbons (Fsp3) is 0.278. The van der Waals surface area contributed by atoms with E-state index in [1.807, 2.05) is 30.3 Å². The van der Waals surface area contributed by atoms with Gasteiger partial charge in [0.1, 0.15) is 11.5 Å². The van der Waals surface area contributed by atoms with E-state index in [4.69, 9.17) is 16.3 Å². The Morgan fingerprint density at radius 3 is 2.74 bits per heavy atom. The molecule has 2 aromatic rings. The van der Waals surface area contributed by atoms with Gasteiger partial charge in [-0.25, -0.2) is 0 Å². The fourth-order valence-electron chi connectivity index (χ4n) is 3.33. The maximum absolute atomic E-state index is 11.8. The van der Waals surface area contributed by atoms with Crippen molar-refractivity contribution in [2.24, 2.45) is 0 Å². The number of piperazine rings is 1. The number of carbonyl (C=O) groups is 1. The summed E-state index contributed by atoms with van der Waals surface area (Å²) < 4.78 is 5.87. The van der Waals surface area contributed by atoms with E-state index >= 15 is 0 Å². The number of nitrogens with zero attached hydrogens (tertiary/aromatic N) is 1. The molecule has 0 aromatic heterocycles. The molecule has 5 heteroatoms. The third-order valence-electron chi connectivity index (χ3n) is 4.39. The van der Waals surface area contributed by atoms with E-state index in [2.05, 4.69) is 16.3 Å². The number of hydrogen-bond acceptors (Lipinski definition) is 3. The summed E-state index contributed by atoms with van der Waals surface area (Å²) >= 11 is 5.88. The van der Waals surface area contributed by atoms with Crippen LogP contribution in [0.1, 0.15) is 12.0 Å². The fourth-order valence-corrected chi connectivity index (χ4v) is 3.46. The normalized spacial score (nSPS) is 23.1. The van der Waals surface area contributed by atoms with Crippen LogP contribution in [0.4, 0.5) is 0 Å². The number of fused-ring (bicyclic) bond motifs is 2. The summed E-state index contributed by atoms with van der Waals surface area (Å²) in [6, 6.07) is 15.7. The average Bonchev–Trinajstić information content (AvgIpc) is 3.09. The number of ether oxygens (including phenoxy) is 1. The predicted molar refractivity (Wildman–Crippen MR) is 88.7 cm³/mol. The zero-order valence-electron chi connectivity index (χ0n) is 12.5. The molecule has 0 spiro atoms. The van der Waals surface area contributed by atoms with Crippen LogP contribution in [-0.2, 0) is 11.3 Å². The zero-order valence-corrected chi connectivity index (χ0v) is 13.3. The quantitative estimate of drug-likeness (QED) is 0.937. The minimum absolute atomic E-state index is 0.0286. The summed E-state index contributed by atoms with van der Waals surface area (Å²) in [5.41, 5.74) is 1.15. The molecule has 2 aliphatic heterocycles. The van der Waals surface area contributed by atoms with Crippen LogP contribution in [0.5, 0.6) is 11.5 Å². The number of carbonyl (C=O) groups excluding carboxylic acids is 1. The number of hydrogen-bond donors (Lipinski definition) is 1. The molecule has 2 atom stereocenters. The lowest BCUT2D eigenvalue weighted by molar-refractivity contribution is -0.125. The Kier molecular flexibility index (Phi) is 3.71. The summed E-state index contributed by atoms with van der Waals surface area (Å²) in [6.07, 6.45) is 0.930. The van der Waals surface area contributed by atoms with Crippen LogP contribution in [0.2, 0.25) is 5.02 Å². The van der Waals surface area contributed by atoms with Gasteiger partial charge < -0.3 is 10.1 Å². The van der Waals surface area contributed by atoms with Gasteiger partial charge in [0.25, 0.3) is 0 Å². The van der Waals surface area contributed by atoms with Crippen LogP contribution in [0.25, 0.3) is 0 Å². The van der Waals surface area contributed by atoms with Crippen molar-refractivity contribution in [1.82, 2.24) is 10.2 Å². The lowest BCUT2D eigenvalue weighted by atomic mass is 10.2. The highest BCUT2D eigenvalue weighted by Gasteiger charge is 2.43. The first-order chi connectivity index (χ1) is 11.2. The Labute approximate surface area is 140 Å².